The minimum atomic E-state index is -1.47. The lowest BCUT2D eigenvalue weighted by molar-refractivity contribution is 0.0734. The van der Waals surface area contributed by atoms with E-state index >= 15 is 0 Å². The van der Waals surface area contributed by atoms with Gasteiger partial charge in [0.25, 0.3) is 0 Å². The Bertz CT molecular complexity index is 1430. The molecule has 1 unspecified atom stereocenters. The van der Waals surface area contributed by atoms with Gasteiger partial charge in [0.2, 0.25) is 0 Å². The van der Waals surface area contributed by atoms with Crippen molar-refractivity contribution in [2.75, 3.05) is 13.2 Å². The number of esters is 1. The molecule has 3 aromatic carbocycles. The van der Waals surface area contributed by atoms with Crippen LogP contribution in [0.1, 0.15) is 144 Å². The molecular formula is C44H58O5S. The maximum atomic E-state index is 12.7. The van der Waals surface area contributed by atoms with Gasteiger partial charge in [-0.05, 0) is 98.5 Å². The molecule has 0 amide bonds. The number of carbonyl (C=O) groups excluding carboxylic acids is 1. The number of benzene rings is 3. The predicted octanol–water partition coefficient (Wildman–Crippen LogP) is 12.0. The van der Waals surface area contributed by atoms with Crippen molar-refractivity contribution in [1.82, 2.24) is 0 Å². The maximum Gasteiger partial charge on any atom is 0.343 e. The summed E-state index contributed by atoms with van der Waals surface area (Å²) in [6.45, 7) is 7.21. The second-order valence-corrected chi connectivity index (χ2v) is 14.0. The molecule has 0 bridgehead atoms. The Morgan fingerprint density at radius 1 is 0.620 bits per heavy atom. The number of ether oxygens (including phenoxy) is 2. The van der Waals surface area contributed by atoms with Crippen LogP contribution in [-0.2, 0) is 15.3 Å². The summed E-state index contributed by atoms with van der Waals surface area (Å²) < 4.78 is 29.5. The number of allylic oxidation sites excluding steroid dienone is 1. The van der Waals surface area contributed by atoms with Gasteiger partial charge in [-0.2, -0.15) is 0 Å². The van der Waals surface area contributed by atoms with Gasteiger partial charge in [-0.3, -0.25) is 4.18 Å². The summed E-state index contributed by atoms with van der Waals surface area (Å²) in [4.78, 5) is 13.3. The number of hydrogen-bond acceptors (Lipinski definition) is 5. The Morgan fingerprint density at radius 3 is 1.66 bits per heavy atom. The van der Waals surface area contributed by atoms with Crippen molar-refractivity contribution in [2.45, 2.75) is 127 Å². The lowest BCUT2D eigenvalue weighted by Crippen LogP contribution is -2.08. The Balaban J connectivity index is 1.30. The molecular weight excluding hydrogens is 641 g/mol. The first-order valence-electron chi connectivity index (χ1n) is 18.9. The van der Waals surface area contributed by atoms with Gasteiger partial charge in [0.05, 0.1) is 23.7 Å². The third kappa shape index (κ3) is 17.8. The maximum absolute atomic E-state index is 12.7. The zero-order chi connectivity index (χ0) is 35.5. The molecule has 0 saturated carbocycles. The second kappa shape index (κ2) is 26.2. The fourth-order valence-corrected chi connectivity index (χ4v) is 6.27. The molecule has 0 spiro atoms. The van der Waals surface area contributed by atoms with Crippen LogP contribution in [0.25, 0.3) is 0 Å². The van der Waals surface area contributed by atoms with Gasteiger partial charge in [-0.25, -0.2) is 9.00 Å². The van der Waals surface area contributed by atoms with Crippen LogP contribution in [-0.4, -0.2) is 23.4 Å². The molecule has 0 saturated heterocycles. The van der Waals surface area contributed by atoms with Gasteiger partial charge in [-0.15, -0.1) is 6.58 Å². The topological polar surface area (TPSA) is 61.8 Å². The fraction of sp³-hybridized carbons (Fsp3) is 0.477. The normalized spacial score (nSPS) is 11.4. The molecule has 0 aromatic heterocycles. The number of carbonyl (C=O) groups is 1. The van der Waals surface area contributed by atoms with Crippen LogP contribution in [0.4, 0.5) is 0 Å². The average molecular weight is 699 g/mol. The lowest BCUT2D eigenvalue weighted by atomic mass is 10.1. The third-order valence-corrected chi connectivity index (χ3v) is 9.60. The van der Waals surface area contributed by atoms with Crippen LogP contribution in [0, 0.1) is 11.8 Å². The van der Waals surface area contributed by atoms with E-state index in [0.717, 1.165) is 42.6 Å². The van der Waals surface area contributed by atoms with Gasteiger partial charge in [0, 0.05) is 11.1 Å². The van der Waals surface area contributed by atoms with Crippen LogP contribution in [0.5, 0.6) is 11.5 Å². The minimum absolute atomic E-state index is 0.423. The lowest BCUT2D eigenvalue weighted by Gasteiger charge is -2.08. The largest absolute Gasteiger partial charge is 0.494 e. The molecule has 0 heterocycles. The van der Waals surface area contributed by atoms with E-state index in [-0.39, 0.29) is 0 Å². The highest BCUT2D eigenvalue weighted by Crippen LogP contribution is 2.18. The molecule has 0 aliphatic carbocycles. The van der Waals surface area contributed by atoms with E-state index in [4.69, 9.17) is 13.7 Å². The zero-order valence-corrected chi connectivity index (χ0v) is 31.1. The van der Waals surface area contributed by atoms with Crippen molar-refractivity contribution >= 4 is 17.0 Å². The summed E-state index contributed by atoms with van der Waals surface area (Å²) in [6, 6.07) is 21.5. The van der Waals surface area contributed by atoms with Gasteiger partial charge < -0.3 is 9.47 Å². The van der Waals surface area contributed by atoms with Crippen molar-refractivity contribution in [1.29, 1.82) is 0 Å². The highest BCUT2D eigenvalue weighted by atomic mass is 32.2. The molecule has 0 aliphatic rings. The quantitative estimate of drug-likeness (QED) is 0.0274. The minimum Gasteiger partial charge on any atom is -0.494 e. The average Bonchev–Trinajstić information content (AvgIpc) is 3.14. The molecule has 3 aromatic rings. The summed E-state index contributed by atoms with van der Waals surface area (Å²) in [5.41, 5.74) is 2.07. The molecule has 0 radical (unpaired) electrons. The van der Waals surface area contributed by atoms with Crippen molar-refractivity contribution in [3.8, 4) is 23.3 Å². The van der Waals surface area contributed by atoms with E-state index in [2.05, 4.69) is 25.3 Å². The SMILES string of the molecule is C=CCCCCCCCCCOc1ccc(C(=O)Oc2ccc(C#Cc3ccc(S(=O)OCCCCCCCCCCCC)cc3)cc2)cc1. The van der Waals surface area contributed by atoms with Crippen LogP contribution in [0.15, 0.2) is 90.3 Å². The summed E-state index contributed by atoms with van der Waals surface area (Å²) in [7, 11) is 0. The van der Waals surface area contributed by atoms with Crippen LogP contribution in [0.3, 0.4) is 0 Å². The highest BCUT2D eigenvalue weighted by Gasteiger charge is 2.09. The molecule has 5 nitrogen and oxygen atoms in total. The van der Waals surface area contributed by atoms with E-state index < -0.39 is 17.0 Å². The third-order valence-electron chi connectivity index (χ3n) is 8.56. The molecule has 50 heavy (non-hydrogen) atoms. The number of unbranched alkanes of at least 4 members (excludes halogenated alkanes) is 16. The molecule has 0 N–H and O–H groups in total. The summed E-state index contributed by atoms with van der Waals surface area (Å²) in [5.74, 6) is 7.04. The Hall–Kier alpha value is -3.66. The van der Waals surface area contributed by atoms with Gasteiger partial charge >= 0.3 is 5.97 Å². The molecule has 0 fully saturated rings. The van der Waals surface area contributed by atoms with Crippen molar-refractivity contribution < 1.29 is 22.7 Å². The Labute approximate surface area is 304 Å². The molecule has 270 valence electrons. The monoisotopic (exact) mass is 698 g/mol. The molecule has 1 atom stereocenters. The van der Waals surface area contributed by atoms with Crippen LogP contribution >= 0.6 is 0 Å². The van der Waals surface area contributed by atoms with Crippen LogP contribution in [0.2, 0.25) is 0 Å². The summed E-state index contributed by atoms with van der Waals surface area (Å²) in [6.07, 6.45) is 24.2. The Morgan fingerprint density at radius 2 is 1.10 bits per heavy atom. The van der Waals surface area contributed by atoms with Gasteiger partial charge in [-0.1, -0.05) is 115 Å². The number of hydrogen-bond donors (Lipinski definition) is 0. The van der Waals surface area contributed by atoms with E-state index in [1.807, 2.05) is 42.5 Å². The van der Waals surface area contributed by atoms with Crippen molar-refractivity contribution in [2.24, 2.45) is 0 Å². The second-order valence-electron chi connectivity index (χ2n) is 12.9. The first-order chi connectivity index (χ1) is 24.6. The standard InChI is InChI=1S/C44H58O5S/c1-3-5-7-9-11-13-15-17-19-21-37-48-50(46)43-34-26-39(27-35-43)23-22-38-24-30-42(31-25-38)49-44(45)40-28-32-41(33-29-40)47-36-20-18-16-14-12-10-8-6-4-2/h4,24-35H,2-3,5-21,36-37H2,1H3. The molecule has 6 heteroatoms. The molecule has 3 rings (SSSR count). The zero-order valence-electron chi connectivity index (χ0n) is 30.3. The predicted molar refractivity (Wildman–Crippen MR) is 207 cm³/mol. The van der Waals surface area contributed by atoms with E-state index in [9.17, 15) is 9.00 Å². The van der Waals surface area contributed by atoms with Crippen molar-refractivity contribution in [3.63, 3.8) is 0 Å². The van der Waals surface area contributed by atoms with E-state index in [1.54, 1.807) is 36.4 Å². The first kappa shape index (κ1) is 40.8. The summed E-state index contributed by atoms with van der Waals surface area (Å²) in [5, 5.41) is 0. The Kier molecular flexibility index (Phi) is 21.4. The number of rotatable bonds is 26. The highest BCUT2D eigenvalue weighted by molar-refractivity contribution is 7.80. The van der Waals surface area contributed by atoms with Gasteiger partial charge in [0.1, 0.15) is 11.5 Å². The van der Waals surface area contributed by atoms with E-state index in [1.165, 1.54) is 89.9 Å². The van der Waals surface area contributed by atoms with Gasteiger partial charge in [0.15, 0.2) is 11.1 Å². The van der Waals surface area contributed by atoms with E-state index in [0.29, 0.717) is 29.4 Å². The molecule has 0 aliphatic heterocycles. The fourth-order valence-electron chi connectivity index (χ4n) is 5.51. The first-order valence-corrected chi connectivity index (χ1v) is 20.0. The smallest absolute Gasteiger partial charge is 0.343 e. The van der Waals surface area contributed by atoms with Crippen LogP contribution < -0.4 is 9.47 Å². The summed E-state index contributed by atoms with van der Waals surface area (Å²) >= 11 is -1.47. The van der Waals surface area contributed by atoms with Crippen molar-refractivity contribution in [3.05, 3.63) is 102 Å².